The highest BCUT2D eigenvalue weighted by molar-refractivity contribution is 5.89. The van der Waals surface area contributed by atoms with Crippen LogP contribution in [-0.4, -0.2) is 36.7 Å². The molecule has 0 amide bonds. The maximum absolute atomic E-state index is 13.7. The highest BCUT2D eigenvalue weighted by Gasteiger charge is 2.30. The first-order chi connectivity index (χ1) is 23.5. The molecule has 0 radical (unpaired) electrons. The van der Waals surface area contributed by atoms with Crippen LogP contribution in [0.1, 0.15) is 60.3 Å². The van der Waals surface area contributed by atoms with E-state index < -0.39 is 23.5 Å². The first kappa shape index (κ1) is 34.4. The molecule has 10 nitrogen and oxygen atoms in total. The summed E-state index contributed by atoms with van der Waals surface area (Å²) in [6.07, 6.45) is -0.101. The summed E-state index contributed by atoms with van der Waals surface area (Å²) in [6, 6.07) is 32.4. The topological polar surface area (TPSA) is 123 Å². The zero-order valence-electron chi connectivity index (χ0n) is 28.1. The van der Waals surface area contributed by atoms with Crippen LogP contribution in [0, 0.1) is 5.21 Å². The lowest BCUT2D eigenvalue weighted by Crippen LogP contribution is -2.36. The molecule has 1 atom stereocenters. The van der Waals surface area contributed by atoms with Gasteiger partial charge in [-0.05, 0) is 98.6 Å². The molecule has 0 spiro atoms. The minimum absolute atomic E-state index is 0.0356. The molecule has 5 aromatic rings. The summed E-state index contributed by atoms with van der Waals surface area (Å²) in [7, 11) is 2.95. The second-order valence-electron chi connectivity index (χ2n) is 12.3. The first-order valence-electron chi connectivity index (χ1n) is 15.8. The molecule has 5 rings (SSSR count). The molecule has 0 fully saturated rings. The van der Waals surface area contributed by atoms with Crippen LogP contribution in [0.4, 0.5) is 5.82 Å². The number of nitrogens with one attached hydrogen (secondary N) is 1. The summed E-state index contributed by atoms with van der Waals surface area (Å²) in [5, 5.41) is 17.1. The zero-order chi connectivity index (χ0) is 35.0. The number of hydrogen-bond acceptors (Lipinski definition) is 9. The Hall–Kier alpha value is -5.90. The van der Waals surface area contributed by atoms with Gasteiger partial charge in [-0.25, -0.2) is 9.78 Å². The highest BCUT2D eigenvalue weighted by Crippen LogP contribution is 2.30. The Bertz CT molecular complexity index is 1880. The fourth-order valence-corrected chi connectivity index (χ4v) is 5.18. The van der Waals surface area contributed by atoms with Crippen LogP contribution in [0.2, 0.25) is 0 Å². The SMILES string of the molecule is COC(=O)c1ccc(C(CC(=O)OC(C)(C)C)c2cccc(Oc3ccc(-c4cccc(NCc5ccc(OC)cc5)n4)cc3)[n+]2[O-])cc1. The maximum Gasteiger partial charge on any atom is 0.385 e. The van der Waals surface area contributed by atoms with E-state index in [0.717, 1.165) is 28.4 Å². The van der Waals surface area contributed by atoms with Crippen LogP contribution in [-0.2, 0) is 20.8 Å². The third-order valence-corrected chi connectivity index (χ3v) is 7.58. The lowest BCUT2D eigenvalue weighted by atomic mass is 9.91. The minimum Gasteiger partial charge on any atom is -0.616 e. The van der Waals surface area contributed by atoms with Gasteiger partial charge in [-0.2, -0.15) is 0 Å². The van der Waals surface area contributed by atoms with E-state index >= 15 is 0 Å². The van der Waals surface area contributed by atoms with Gasteiger partial charge in [-0.15, -0.1) is 4.73 Å². The van der Waals surface area contributed by atoms with Crippen molar-refractivity contribution in [2.24, 2.45) is 0 Å². The van der Waals surface area contributed by atoms with Crippen LogP contribution >= 0.6 is 0 Å². The molecule has 1 N–H and O–H groups in total. The Kier molecular flexibility index (Phi) is 10.8. The quantitative estimate of drug-likeness (QED) is 0.0825. The number of carbonyl (C=O) groups excluding carboxylic acids is 2. The van der Waals surface area contributed by atoms with Crippen molar-refractivity contribution in [3.63, 3.8) is 0 Å². The average Bonchev–Trinajstić information content (AvgIpc) is 3.10. The number of esters is 2. The predicted molar refractivity (Wildman–Crippen MR) is 186 cm³/mol. The number of carbonyl (C=O) groups is 2. The standard InChI is InChI=1S/C39H39N3O7/c1-39(2,3)49-37(43)24-32(27-14-16-29(17-15-27)38(44)47-5)34-9-7-11-36(42(34)45)48-31-22-18-28(19-23-31)33-8-6-10-35(41-33)40-25-26-12-20-30(46-4)21-13-26/h6-23,32H,24-25H2,1-5H3,(H,40,41). The van der Waals surface area contributed by atoms with Gasteiger partial charge in [0.25, 0.3) is 0 Å². The molecule has 10 heteroatoms. The first-order valence-corrected chi connectivity index (χ1v) is 15.8. The number of ether oxygens (including phenoxy) is 4. The number of pyridine rings is 2. The Balaban J connectivity index is 1.33. The van der Waals surface area contributed by atoms with E-state index in [-0.39, 0.29) is 18.0 Å². The number of hydrogen-bond donors (Lipinski definition) is 1. The van der Waals surface area contributed by atoms with Crippen molar-refractivity contribution in [1.29, 1.82) is 0 Å². The number of rotatable bonds is 12. The second-order valence-corrected chi connectivity index (χ2v) is 12.3. The average molecular weight is 662 g/mol. The molecule has 0 saturated heterocycles. The summed E-state index contributed by atoms with van der Waals surface area (Å²) in [4.78, 5) is 29.7. The Morgan fingerprint density at radius 1 is 0.837 bits per heavy atom. The van der Waals surface area contributed by atoms with Gasteiger partial charge in [0.2, 0.25) is 5.69 Å². The Morgan fingerprint density at radius 3 is 2.16 bits per heavy atom. The molecular formula is C39H39N3O7. The summed E-state index contributed by atoms with van der Waals surface area (Å²) in [5.74, 6) is 0.394. The van der Waals surface area contributed by atoms with Gasteiger partial charge in [-0.1, -0.05) is 30.3 Å². The van der Waals surface area contributed by atoms with Gasteiger partial charge in [0.05, 0.1) is 43.9 Å². The van der Waals surface area contributed by atoms with Crippen molar-refractivity contribution in [3.05, 3.63) is 137 Å². The number of anilines is 1. The molecule has 0 saturated carbocycles. The van der Waals surface area contributed by atoms with Crippen molar-refractivity contribution in [2.45, 2.75) is 45.3 Å². The number of aromatic nitrogens is 2. The van der Waals surface area contributed by atoms with Gasteiger partial charge in [0.15, 0.2) is 0 Å². The van der Waals surface area contributed by atoms with E-state index in [4.69, 9.17) is 23.9 Å². The second kappa shape index (κ2) is 15.3. The molecule has 1 unspecified atom stereocenters. The smallest absolute Gasteiger partial charge is 0.385 e. The van der Waals surface area contributed by atoms with Crippen LogP contribution in [0.25, 0.3) is 11.3 Å². The molecule has 49 heavy (non-hydrogen) atoms. The van der Waals surface area contributed by atoms with E-state index in [0.29, 0.717) is 28.2 Å². The van der Waals surface area contributed by atoms with Gasteiger partial charge in [0.1, 0.15) is 22.9 Å². The van der Waals surface area contributed by atoms with Crippen LogP contribution in [0.5, 0.6) is 17.4 Å². The van der Waals surface area contributed by atoms with Gasteiger partial charge in [0, 0.05) is 18.2 Å². The normalized spacial score (nSPS) is 11.7. The number of methoxy groups -OCH3 is 2. The van der Waals surface area contributed by atoms with Crippen LogP contribution in [0.15, 0.2) is 109 Å². The van der Waals surface area contributed by atoms with Gasteiger partial charge in [-0.3, -0.25) is 4.79 Å². The molecule has 252 valence electrons. The molecule has 3 aromatic carbocycles. The van der Waals surface area contributed by atoms with Gasteiger partial charge >= 0.3 is 17.8 Å². The lowest BCUT2D eigenvalue weighted by molar-refractivity contribution is -0.620. The summed E-state index contributed by atoms with van der Waals surface area (Å²) < 4.78 is 22.3. The number of nitrogens with zero attached hydrogens (tertiary/aromatic N) is 2. The lowest BCUT2D eigenvalue weighted by Gasteiger charge is -2.22. The molecule has 0 aliphatic rings. The third kappa shape index (κ3) is 9.13. The third-order valence-electron chi connectivity index (χ3n) is 7.58. The predicted octanol–water partition coefficient (Wildman–Crippen LogP) is 7.45. The van der Waals surface area contributed by atoms with Crippen molar-refractivity contribution < 1.29 is 33.3 Å². The van der Waals surface area contributed by atoms with Crippen molar-refractivity contribution in [2.75, 3.05) is 19.5 Å². The minimum atomic E-state index is -0.703. The largest absolute Gasteiger partial charge is 0.616 e. The van der Waals surface area contributed by atoms with E-state index in [9.17, 15) is 14.8 Å². The fourth-order valence-electron chi connectivity index (χ4n) is 5.18. The summed E-state index contributed by atoms with van der Waals surface area (Å²) in [6.45, 7) is 5.96. The monoisotopic (exact) mass is 661 g/mol. The molecule has 2 aromatic heterocycles. The highest BCUT2D eigenvalue weighted by atomic mass is 16.6. The molecule has 2 heterocycles. The van der Waals surface area contributed by atoms with E-state index in [2.05, 4.69) is 5.32 Å². The van der Waals surface area contributed by atoms with Crippen molar-refractivity contribution >= 4 is 17.8 Å². The van der Waals surface area contributed by atoms with Crippen molar-refractivity contribution in [3.8, 4) is 28.6 Å². The number of benzene rings is 3. The zero-order valence-corrected chi connectivity index (χ0v) is 28.1. The fraction of sp³-hybridized carbons (Fsp3) is 0.231. The van der Waals surface area contributed by atoms with Crippen LogP contribution < -0.4 is 19.5 Å². The Morgan fingerprint density at radius 2 is 1.51 bits per heavy atom. The summed E-state index contributed by atoms with van der Waals surface area (Å²) in [5.41, 5.74) is 3.33. The van der Waals surface area contributed by atoms with Crippen LogP contribution in [0.3, 0.4) is 0 Å². The Labute approximate surface area is 285 Å². The molecule has 0 aliphatic carbocycles. The van der Waals surface area contributed by atoms with Gasteiger partial charge < -0.3 is 29.5 Å². The molecule has 0 aliphatic heterocycles. The molecule has 0 bridgehead atoms. The summed E-state index contributed by atoms with van der Waals surface area (Å²) >= 11 is 0. The van der Waals surface area contributed by atoms with E-state index in [1.54, 1.807) is 82.5 Å². The molecular weight excluding hydrogens is 622 g/mol. The maximum atomic E-state index is 13.7. The van der Waals surface area contributed by atoms with E-state index in [1.807, 2.05) is 54.6 Å². The van der Waals surface area contributed by atoms with Crippen molar-refractivity contribution in [1.82, 2.24) is 4.98 Å². The van der Waals surface area contributed by atoms with E-state index in [1.165, 1.54) is 7.11 Å².